The van der Waals surface area contributed by atoms with Gasteiger partial charge in [-0.05, 0) is 56.3 Å². The van der Waals surface area contributed by atoms with Gasteiger partial charge in [-0.2, -0.15) is 0 Å². The van der Waals surface area contributed by atoms with Gasteiger partial charge >= 0.3 is 0 Å². The molecule has 2 unspecified atom stereocenters. The van der Waals surface area contributed by atoms with Crippen LogP contribution in [-0.2, 0) is 0 Å². The number of anilines is 1. The summed E-state index contributed by atoms with van der Waals surface area (Å²) >= 11 is 3.65. The van der Waals surface area contributed by atoms with E-state index in [1.165, 1.54) is 54.5 Å². The second-order valence-electron chi connectivity index (χ2n) is 6.24. The molecule has 2 nitrogen and oxygen atoms in total. The van der Waals surface area contributed by atoms with Crippen molar-refractivity contribution in [3.63, 3.8) is 0 Å². The molecule has 1 N–H and O–H groups in total. The van der Waals surface area contributed by atoms with Gasteiger partial charge in [0, 0.05) is 29.3 Å². The summed E-state index contributed by atoms with van der Waals surface area (Å²) in [5, 5.41) is 3.63. The van der Waals surface area contributed by atoms with Gasteiger partial charge in [-0.1, -0.05) is 42.3 Å². The van der Waals surface area contributed by atoms with Crippen molar-refractivity contribution in [3.8, 4) is 0 Å². The van der Waals surface area contributed by atoms with Gasteiger partial charge in [-0.25, -0.2) is 0 Å². The maximum atomic E-state index is 3.65. The van der Waals surface area contributed by atoms with E-state index >= 15 is 0 Å². The average Bonchev–Trinajstić information content (AvgIpc) is 2.52. The van der Waals surface area contributed by atoms with Crippen LogP contribution < -0.4 is 10.2 Å². The number of nitrogens with one attached hydrogen (secondary N) is 1. The summed E-state index contributed by atoms with van der Waals surface area (Å²) in [6.45, 7) is 10.3. The molecule has 0 spiro atoms. The Balaban J connectivity index is 2.22. The lowest BCUT2D eigenvalue weighted by Gasteiger charge is -2.36. The third-order valence-corrected chi connectivity index (χ3v) is 5.09. The van der Waals surface area contributed by atoms with Crippen LogP contribution in [0.25, 0.3) is 0 Å². The summed E-state index contributed by atoms with van der Waals surface area (Å²) in [6.07, 6.45) is 5.18. The van der Waals surface area contributed by atoms with E-state index < -0.39 is 0 Å². The van der Waals surface area contributed by atoms with Crippen LogP contribution in [0, 0.1) is 5.92 Å². The molecular formula is C18H29BrN2. The molecule has 1 aromatic rings. The molecule has 0 radical (unpaired) electrons. The first kappa shape index (κ1) is 16.8. The molecule has 0 bridgehead atoms. The largest absolute Gasteiger partial charge is 0.371 e. The van der Waals surface area contributed by atoms with E-state index in [1.807, 2.05) is 0 Å². The minimum absolute atomic E-state index is 0.412. The summed E-state index contributed by atoms with van der Waals surface area (Å²) in [6, 6.07) is 7.17. The Labute approximate surface area is 138 Å². The van der Waals surface area contributed by atoms with E-state index in [9.17, 15) is 0 Å². The molecule has 0 aliphatic carbocycles. The van der Waals surface area contributed by atoms with Crippen LogP contribution in [-0.4, -0.2) is 19.6 Å². The molecule has 1 fully saturated rings. The van der Waals surface area contributed by atoms with Crippen molar-refractivity contribution in [2.24, 2.45) is 5.92 Å². The SMILES string of the molecule is CCCNC(C)c1ccc(Br)cc1N1CCCC(CC)C1. The van der Waals surface area contributed by atoms with Crippen LogP contribution in [0.1, 0.15) is 58.1 Å². The molecule has 0 amide bonds. The van der Waals surface area contributed by atoms with E-state index in [4.69, 9.17) is 0 Å². The second-order valence-corrected chi connectivity index (χ2v) is 7.16. The molecule has 1 aliphatic heterocycles. The third-order valence-electron chi connectivity index (χ3n) is 4.60. The lowest BCUT2D eigenvalue weighted by Crippen LogP contribution is -2.36. The lowest BCUT2D eigenvalue weighted by molar-refractivity contribution is 0.403. The normalized spacial score (nSPS) is 20.6. The van der Waals surface area contributed by atoms with Gasteiger partial charge in [-0.15, -0.1) is 0 Å². The van der Waals surface area contributed by atoms with Crippen molar-refractivity contribution in [1.29, 1.82) is 0 Å². The fourth-order valence-corrected chi connectivity index (χ4v) is 3.59. The van der Waals surface area contributed by atoms with Gasteiger partial charge in [0.1, 0.15) is 0 Å². The van der Waals surface area contributed by atoms with Crippen molar-refractivity contribution in [3.05, 3.63) is 28.2 Å². The highest BCUT2D eigenvalue weighted by Gasteiger charge is 2.22. The molecule has 1 aromatic carbocycles. The third kappa shape index (κ3) is 4.46. The Kier molecular flexibility index (Phi) is 6.56. The minimum Gasteiger partial charge on any atom is -0.371 e. The van der Waals surface area contributed by atoms with Crippen molar-refractivity contribution in [1.82, 2.24) is 5.32 Å². The number of rotatable bonds is 6. The molecular weight excluding hydrogens is 324 g/mol. The zero-order chi connectivity index (χ0) is 15.2. The fraction of sp³-hybridized carbons (Fsp3) is 0.667. The predicted molar refractivity (Wildman–Crippen MR) is 96.1 cm³/mol. The van der Waals surface area contributed by atoms with Gasteiger partial charge in [0.25, 0.3) is 0 Å². The molecule has 21 heavy (non-hydrogen) atoms. The first-order chi connectivity index (χ1) is 10.2. The van der Waals surface area contributed by atoms with Gasteiger partial charge in [-0.3, -0.25) is 0 Å². The Hall–Kier alpha value is -0.540. The number of nitrogens with zero attached hydrogens (tertiary/aromatic N) is 1. The van der Waals surface area contributed by atoms with Crippen molar-refractivity contribution in [2.75, 3.05) is 24.5 Å². The summed E-state index contributed by atoms with van der Waals surface area (Å²) in [7, 11) is 0. The molecule has 1 heterocycles. The highest BCUT2D eigenvalue weighted by Crippen LogP contribution is 2.33. The standard InChI is InChI=1S/C18H29BrN2/c1-4-10-20-14(3)17-9-8-16(19)12-18(17)21-11-6-7-15(5-2)13-21/h8-9,12,14-15,20H,4-7,10-11,13H2,1-3H3. The van der Waals surface area contributed by atoms with Crippen molar-refractivity contribution < 1.29 is 0 Å². The molecule has 2 rings (SSSR count). The molecule has 1 saturated heterocycles. The molecule has 118 valence electrons. The smallest absolute Gasteiger partial charge is 0.0426 e. The molecule has 1 aliphatic rings. The van der Waals surface area contributed by atoms with Gasteiger partial charge in [0.05, 0.1) is 0 Å². The maximum Gasteiger partial charge on any atom is 0.0426 e. The van der Waals surface area contributed by atoms with Crippen molar-refractivity contribution in [2.45, 2.75) is 52.5 Å². The molecule has 0 saturated carbocycles. The van der Waals surface area contributed by atoms with E-state index in [0.29, 0.717) is 6.04 Å². The van der Waals surface area contributed by atoms with E-state index in [0.717, 1.165) is 12.5 Å². The van der Waals surface area contributed by atoms with E-state index in [2.05, 4.69) is 65.1 Å². The number of hydrogen-bond donors (Lipinski definition) is 1. The Morgan fingerprint density at radius 3 is 2.90 bits per heavy atom. The van der Waals surface area contributed by atoms with Crippen LogP contribution in [0.4, 0.5) is 5.69 Å². The Morgan fingerprint density at radius 1 is 1.38 bits per heavy atom. The fourth-order valence-electron chi connectivity index (χ4n) is 3.24. The van der Waals surface area contributed by atoms with Crippen LogP contribution in [0.2, 0.25) is 0 Å². The summed E-state index contributed by atoms with van der Waals surface area (Å²) in [4.78, 5) is 2.60. The average molecular weight is 353 g/mol. The summed E-state index contributed by atoms with van der Waals surface area (Å²) in [5.74, 6) is 0.851. The Morgan fingerprint density at radius 2 is 2.19 bits per heavy atom. The highest BCUT2D eigenvalue weighted by molar-refractivity contribution is 9.10. The molecule has 2 atom stereocenters. The van der Waals surface area contributed by atoms with Crippen LogP contribution in [0.3, 0.4) is 0 Å². The zero-order valence-electron chi connectivity index (χ0n) is 13.7. The van der Waals surface area contributed by atoms with Crippen LogP contribution in [0.15, 0.2) is 22.7 Å². The topological polar surface area (TPSA) is 15.3 Å². The predicted octanol–water partition coefficient (Wildman–Crippen LogP) is 5.14. The quantitative estimate of drug-likeness (QED) is 0.762. The molecule has 3 heteroatoms. The van der Waals surface area contributed by atoms with Crippen LogP contribution in [0.5, 0.6) is 0 Å². The lowest BCUT2D eigenvalue weighted by atomic mass is 9.94. The first-order valence-electron chi connectivity index (χ1n) is 8.43. The first-order valence-corrected chi connectivity index (χ1v) is 9.22. The number of halogens is 1. The zero-order valence-corrected chi connectivity index (χ0v) is 15.2. The summed E-state index contributed by atoms with van der Waals surface area (Å²) in [5.41, 5.74) is 2.85. The highest BCUT2D eigenvalue weighted by atomic mass is 79.9. The maximum absolute atomic E-state index is 3.65. The van der Waals surface area contributed by atoms with Crippen LogP contribution >= 0.6 is 15.9 Å². The van der Waals surface area contributed by atoms with E-state index in [1.54, 1.807) is 0 Å². The van der Waals surface area contributed by atoms with Gasteiger partial charge in [0.15, 0.2) is 0 Å². The second kappa shape index (κ2) is 8.19. The number of benzene rings is 1. The minimum atomic E-state index is 0.412. The number of hydrogen-bond acceptors (Lipinski definition) is 2. The van der Waals surface area contributed by atoms with E-state index in [-0.39, 0.29) is 0 Å². The number of piperidine rings is 1. The van der Waals surface area contributed by atoms with Crippen molar-refractivity contribution >= 4 is 21.6 Å². The molecule has 0 aromatic heterocycles. The Bertz CT molecular complexity index is 447. The summed E-state index contributed by atoms with van der Waals surface area (Å²) < 4.78 is 1.18. The van der Waals surface area contributed by atoms with Gasteiger partial charge in [0.2, 0.25) is 0 Å². The van der Waals surface area contributed by atoms with Gasteiger partial charge < -0.3 is 10.2 Å². The monoisotopic (exact) mass is 352 g/mol.